The van der Waals surface area contributed by atoms with E-state index in [0.29, 0.717) is 21.5 Å². The van der Waals surface area contributed by atoms with E-state index in [9.17, 15) is 4.79 Å². The molecule has 1 aromatic rings. The molecule has 0 spiro atoms. The van der Waals surface area contributed by atoms with Crippen molar-refractivity contribution < 1.29 is 14.3 Å². The highest BCUT2D eigenvalue weighted by Gasteiger charge is 2.14. The Balaban J connectivity index is 3.46. The Morgan fingerprint density at radius 3 is 2.43 bits per heavy atom. The van der Waals surface area contributed by atoms with E-state index in [-0.39, 0.29) is 0 Å². The van der Waals surface area contributed by atoms with Crippen molar-refractivity contribution in [3.8, 4) is 11.5 Å². The molecule has 0 aliphatic heterocycles. The number of aryl methyl sites for hydroxylation is 1. The van der Waals surface area contributed by atoms with Crippen molar-refractivity contribution in [2.24, 2.45) is 0 Å². The van der Waals surface area contributed by atoms with E-state index in [1.54, 1.807) is 13.2 Å². The predicted molar refractivity (Wildman–Crippen MR) is 57.4 cm³/mol. The lowest BCUT2D eigenvalue weighted by atomic mass is 10.1. The van der Waals surface area contributed by atoms with Crippen LogP contribution in [0.1, 0.15) is 15.9 Å². The number of halogens is 1. The van der Waals surface area contributed by atoms with Crippen LogP contribution in [0.5, 0.6) is 11.5 Å². The van der Waals surface area contributed by atoms with E-state index < -0.39 is 0 Å². The maximum absolute atomic E-state index is 10.8. The molecule has 0 fully saturated rings. The van der Waals surface area contributed by atoms with E-state index in [1.807, 2.05) is 6.92 Å². The third kappa shape index (κ3) is 1.75. The number of carbonyl (C=O) groups excluding carboxylic acids is 1. The highest BCUT2D eigenvalue weighted by Crippen LogP contribution is 2.36. The molecule has 0 saturated heterocycles. The van der Waals surface area contributed by atoms with Crippen molar-refractivity contribution in [3.05, 3.63) is 21.7 Å². The molecule has 1 rings (SSSR count). The normalized spacial score (nSPS) is 9.71. The highest BCUT2D eigenvalue weighted by atomic mass is 79.9. The number of benzene rings is 1. The van der Waals surface area contributed by atoms with Crippen molar-refractivity contribution in [1.29, 1.82) is 0 Å². The van der Waals surface area contributed by atoms with Crippen molar-refractivity contribution in [2.75, 3.05) is 14.2 Å². The summed E-state index contributed by atoms with van der Waals surface area (Å²) in [5, 5.41) is 0. The van der Waals surface area contributed by atoms with Gasteiger partial charge in [-0.15, -0.1) is 0 Å². The molecule has 0 bridgehead atoms. The van der Waals surface area contributed by atoms with Crippen LogP contribution in [0, 0.1) is 6.92 Å². The minimum absolute atomic E-state index is 0.468. The summed E-state index contributed by atoms with van der Waals surface area (Å²) in [4.78, 5) is 10.8. The summed E-state index contributed by atoms with van der Waals surface area (Å²) >= 11 is 3.31. The standard InChI is InChI=1S/C10H11BrO3/c1-6-4-8(13-2)7(5-12)9(11)10(6)14-3/h4-5H,1-3H3. The molecule has 0 saturated carbocycles. The largest absolute Gasteiger partial charge is 0.496 e. The Bertz CT molecular complexity index is 361. The number of methoxy groups -OCH3 is 2. The number of aldehydes is 1. The van der Waals surface area contributed by atoms with Gasteiger partial charge in [0.2, 0.25) is 0 Å². The zero-order chi connectivity index (χ0) is 10.7. The van der Waals surface area contributed by atoms with Gasteiger partial charge in [0.1, 0.15) is 11.5 Å². The first-order valence-electron chi connectivity index (χ1n) is 4.02. The quantitative estimate of drug-likeness (QED) is 0.782. The highest BCUT2D eigenvalue weighted by molar-refractivity contribution is 9.10. The number of carbonyl (C=O) groups is 1. The van der Waals surface area contributed by atoms with Crippen LogP contribution >= 0.6 is 15.9 Å². The molecule has 0 aromatic heterocycles. The Morgan fingerprint density at radius 2 is 2.00 bits per heavy atom. The minimum atomic E-state index is 0.468. The van der Waals surface area contributed by atoms with Gasteiger partial charge in [-0.05, 0) is 34.5 Å². The molecule has 0 unspecified atom stereocenters. The van der Waals surface area contributed by atoms with Crippen molar-refractivity contribution in [2.45, 2.75) is 6.92 Å². The van der Waals surface area contributed by atoms with Gasteiger partial charge in [0.15, 0.2) is 6.29 Å². The van der Waals surface area contributed by atoms with Gasteiger partial charge < -0.3 is 9.47 Å². The van der Waals surface area contributed by atoms with Crippen LogP contribution in [0.4, 0.5) is 0 Å². The van der Waals surface area contributed by atoms with E-state index >= 15 is 0 Å². The molecule has 3 nitrogen and oxygen atoms in total. The second-order valence-corrected chi connectivity index (χ2v) is 3.57. The fraction of sp³-hybridized carbons (Fsp3) is 0.300. The second-order valence-electron chi connectivity index (χ2n) is 2.77. The van der Waals surface area contributed by atoms with Crippen LogP contribution in [0.15, 0.2) is 10.5 Å². The lowest BCUT2D eigenvalue weighted by molar-refractivity contribution is 0.111. The first-order valence-corrected chi connectivity index (χ1v) is 4.81. The molecule has 0 aliphatic rings. The molecule has 76 valence electrons. The van der Waals surface area contributed by atoms with Crippen molar-refractivity contribution in [1.82, 2.24) is 0 Å². The number of hydrogen-bond acceptors (Lipinski definition) is 3. The lowest BCUT2D eigenvalue weighted by Crippen LogP contribution is -1.97. The molecule has 1 aromatic carbocycles. The second kappa shape index (κ2) is 4.46. The van der Waals surface area contributed by atoms with Gasteiger partial charge in [-0.1, -0.05) is 0 Å². The van der Waals surface area contributed by atoms with Crippen LogP contribution in [0.2, 0.25) is 0 Å². The number of ether oxygens (including phenoxy) is 2. The summed E-state index contributed by atoms with van der Waals surface area (Å²) in [6.07, 6.45) is 0.741. The first kappa shape index (κ1) is 11.0. The van der Waals surface area contributed by atoms with Crippen LogP contribution < -0.4 is 9.47 Å². The van der Waals surface area contributed by atoms with Gasteiger partial charge in [0.25, 0.3) is 0 Å². The molecular weight excluding hydrogens is 248 g/mol. The first-order chi connectivity index (χ1) is 6.65. The molecule has 0 N–H and O–H groups in total. The molecule has 0 atom stereocenters. The predicted octanol–water partition coefficient (Wildman–Crippen LogP) is 2.59. The summed E-state index contributed by atoms with van der Waals surface area (Å²) in [6.45, 7) is 1.89. The summed E-state index contributed by atoms with van der Waals surface area (Å²) < 4.78 is 10.9. The minimum Gasteiger partial charge on any atom is -0.496 e. The SMILES string of the molecule is COc1cc(C)c(OC)c(Br)c1C=O. The van der Waals surface area contributed by atoms with E-state index in [4.69, 9.17) is 9.47 Å². The van der Waals surface area contributed by atoms with Gasteiger partial charge in [0.05, 0.1) is 24.3 Å². The fourth-order valence-corrected chi connectivity index (χ4v) is 2.04. The van der Waals surface area contributed by atoms with Gasteiger partial charge in [-0.25, -0.2) is 0 Å². The van der Waals surface area contributed by atoms with E-state index in [1.165, 1.54) is 7.11 Å². The molecule has 0 heterocycles. The van der Waals surface area contributed by atoms with Gasteiger partial charge in [0, 0.05) is 0 Å². The van der Waals surface area contributed by atoms with Gasteiger partial charge in [-0.2, -0.15) is 0 Å². The van der Waals surface area contributed by atoms with Crippen LogP contribution in [0.3, 0.4) is 0 Å². The van der Waals surface area contributed by atoms with Crippen molar-refractivity contribution >= 4 is 22.2 Å². The smallest absolute Gasteiger partial charge is 0.155 e. The molecule has 14 heavy (non-hydrogen) atoms. The molecule has 0 amide bonds. The van der Waals surface area contributed by atoms with E-state index in [2.05, 4.69) is 15.9 Å². The summed E-state index contributed by atoms with van der Waals surface area (Å²) in [6, 6.07) is 1.77. The molecular formula is C10H11BrO3. The average Bonchev–Trinajstić information content (AvgIpc) is 2.17. The van der Waals surface area contributed by atoms with Gasteiger partial charge in [-0.3, -0.25) is 4.79 Å². The third-order valence-electron chi connectivity index (χ3n) is 1.95. The van der Waals surface area contributed by atoms with Gasteiger partial charge >= 0.3 is 0 Å². The lowest BCUT2D eigenvalue weighted by Gasteiger charge is -2.12. The molecule has 0 aliphatic carbocycles. The summed E-state index contributed by atoms with van der Waals surface area (Å²) in [5.74, 6) is 1.21. The fourth-order valence-electron chi connectivity index (χ4n) is 1.27. The van der Waals surface area contributed by atoms with Crippen LogP contribution in [-0.4, -0.2) is 20.5 Å². The van der Waals surface area contributed by atoms with E-state index in [0.717, 1.165) is 11.8 Å². The van der Waals surface area contributed by atoms with Crippen LogP contribution in [-0.2, 0) is 0 Å². The topological polar surface area (TPSA) is 35.5 Å². The Morgan fingerprint density at radius 1 is 1.36 bits per heavy atom. The monoisotopic (exact) mass is 258 g/mol. The molecule has 0 radical (unpaired) electrons. The van der Waals surface area contributed by atoms with Crippen molar-refractivity contribution in [3.63, 3.8) is 0 Å². The Labute approximate surface area is 91.1 Å². The Hall–Kier alpha value is -1.03. The number of hydrogen-bond donors (Lipinski definition) is 0. The maximum Gasteiger partial charge on any atom is 0.155 e. The van der Waals surface area contributed by atoms with Crippen LogP contribution in [0.25, 0.3) is 0 Å². The summed E-state index contributed by atoms with van der Waals surface area (Å²) in [5.41, 5.74) is 1.39. The average molecular weight is 259 g/mol. The third-order valence-corrected chi connectivity index (χ3v) is 2.74. The maximum atomic E-state index is 10.8. The zero-order valence-electron chi connectivity index (χ0n) is 8.26. The number of rotatable bonds is 3. The molecule has 4 heteroatoms. The zero-order valence-corrected chi connectivity index (χ0v) is 9.84. The Kier molecular flexibility index (Phi) is 3.52. The summed E-state index contributed by atoms with van der Waals surface area (Å²) in [7, 11) is 3.09.